The van der Waals surface area contributed by atoms with E-state index >= 15 is 0 Å². The van der Waals surface area contributed by atoms with Crippen molar-refractivity contribution >= 4 is 5.78 Å². The highest BCUT2D eigenvalue weighted by atomic mass is 16.1. The van der Waals surface area contributed by atoms with Gasteiger partial charge in [-0.15, -0.1) is 0 Å². The minimum atomic E-state index is 0.169. The lowest BCUT2D eigenvalue weighted by Crippen LogP contribution is -2.40. The summed E-state index contributed by atoms with van der Waals surface area (Å²) in [6.07, 6.45) is 6.15. The van der Waals surface area contributed by atoms with Crippen molar-refractivity contribution in [2.75, 3.05) is 0 Å². The molecule has 13 heavy (non-hydrogen) atoms. The van der Waals surface area contributed by atoms with E-state index in [1.165, 1.54) is 12.0 Å². The van der Waals surface area contributed by atoms with Crippen LogP contribution in [0, 0.1) is 10.8 Å². The van der Waals surface area contributed by atoms with Crippen molar-refractivity contribution in [2.24, 2.45) is 10.8 Å². The highest BCUT2D eigenvalue weighted by Crippen LogP contribution is 2.59. The van der Waals surface area contributed by atoms with Gasteiger partial charge in [0.25, 0.3) is 0 Å². The molecule has 1 heteroatoms. The Kier molecular flexibility index (Phi) is 1.70. The Hall–Kier alpha value is -0.590. The number of rotatable bonds is 0. The van der Waals surface area contributed by atoms with Crippen molar-refractivity contribution in [3.05, 3.63) is 11.6 Å². The van der Waals surface area contributed by atoms with Gasteiger partial charge in [0.15, 0.2) is 0 Å². The van der Waals surface area contributed by atoms with Crippen molar-refractivity contribution in [2.45, 2.75) is 46.5 Å². The van der Waals surface area contributed by atoms with Crippen LogP contribution in [0.15, 0.2) is 11.6 Å². The first-order valence-electron chi connectivity index (χ1n) is 5.17. The van der Waals surface area contributed by atoms with Crippen molar-refractivity contribution < 1.29 is 4.79 Å². The largest absolute Gasteiger partial charge is 0.300 e. The van der Waals surface area contributed by atoms with Crippen LogP contribution in [0.2, 0.25) is 0 Å². The number of Topliss-reactive ketones (excluding diaryl/α,β-unsaturated/α-hetero) is 1. The van der Waals surface area contributed by atoms with Crippen molar-refractivity contribution in [1.82, 2.24) is 0 Å². The number of ketones is 1. The minimum absolute atomic E-state index is 0.169. The van der Waals surface area contributed by atoms with Gasteiger partial charge in [-0.3, -0.25) is 4.79 Å². The fourth-order valence-corrected chi connectivity index (χ4v) is 2.93. The van der Waals surface area contributed by atoms with E-state index < -0.39 is 0 Å². The van der Waals surface area contributed by atoms with Gasteiger partial charge in [-0.25, -0.2) is 0 Å². The van der Waals surface area contributed by atoms with E-state index in [4.69, 9.17) is 0 Å². The van der Waals surface area contributed by atoms with E-state index in [0.29, 0.717) is 11.2 Å². The van der Waals surface area contributed by atoms with Gasteiger partial charge in [-0.05, 0) is 25.2 Å². The zero-order valence-electron chi connectivity index (χ0n) is 8.81. The lowest BCUT2D eigenvalue weighted by molar-refractivity contribution is -0.126. The molecule has 2 atom stereocenters. The van der Waals surface area contributed by atoms with E-state index in [-0.39, 0.29) is 5.41 Å². The minimum Gasteiger partial charge on any atom is -0.300 e. The molecule has 0 radical (unpaired) electrons. The molecule has 1 fully saturated rings. The summed E-state index contributed by atoms with van der Waals surface area (Å²) in [7, 11) is 0. The number of carbonyl (C=O) groups is 1. The van der Waals surface area contributed by atoms with E-state index in [1.807, 2.05) is 0 Å². The third-order valence-electron chi connectivity index (χ3n) is 4.57. The van der Waals surface area contributed by atoms with Crippen LogP contribution in [0.1, 0.15) is 46.5 Å². The second-order valence-electron chi connectivity index (χ2n) is 5.20. The Morgan fingerprint density at radius 3 is 2.77 bits per heavy atom. The molecule has 0 N–H and O–H groups in total. The predicted octanol–water partition coefficient (Wildman–Crippen LogP) is 3.10. The van der Waals surface area contributed by atoms with Crippen LogP contribution in [-0.4, -0.2) is 5.78 Å². The van der Waals surface area contributed by atoms with Crippen molar-refractivity contribution in [3.63, 3.8) is 0 Å². The second-order valence-corrected chi connectivity index (χ2v) is 5.20. The first-order chi connectivity index (χ1) is 5.98. The molecule has 0 bridgehead atoms. The van der Waals surface area contributed by atoms with Crippen molar-refractivity contribution in [3.8, 4) is 0 Å². The fraction of sp³-hybridized carbons (Fsp3) is 0.750. The van der Waals surface area contributed by atoms with Gasteiger partial charge in [0.1, 0.15) is 5.78 Å². The zero-order chi connectivity index (χ0) is 9.69. The molecule has 1 nitrogen and oxygen atoms in total. The van der Waals surface area contributed by atoms with Crippen LogP contribution in [0.3, 0.4) is 0 Å². The summed E-state index contributed by atoms with van der Waals surface area (Å²) in [5, 5.41) is 0. The summed E-state index contributed by atoms with van der Waals surface area (Å²) in [6.45, 7) is 6.79. The average Bonchev–Trinajstić information content (AvgIpc) is 2.28. The molecule has 0 unspecified atom stereocenters. The number of allylic oxidation sites excluding steroid dienone is 2. The first-order valence-corrected chi connectivity index (χ1v) is 5.17. The number of hydrogen-bond donors (Lipinski definition) is 0. The summed E-state index contributed by atoms with van der Waals surface area (Å²) in [4.78, 5) is 11.5. The number of carbonyl (C=O) groups excluding carboxylic acids is 1. The van der Waals surface area contributed by atoms with E-state index in [0.717, 1.165) is 19.3 Å². The Balaban J connectivity index is 2.38. The van der Waals surface area contributed by atoms with E-state index in [1.54, 1.807) is 0 Å². The maximum absolute atomic E-state index is 11.5. The predicted molar refractivity (Wildman–Crippen MR) is 53.4 cm³/mol. The lowest BCUT2D eigenvalue weighted by Gasteiger charge is -2.46. The Bertz CT molecular complexity index is 289. The molecule has 0 saturated heterocycles. The molecule has 0 amide bonds. The summed E-state index contributed by atoms with van der Waals surface area (Å²) in [5.74, 6) is 0.453. The van der Waals surface area contributed by atoms with Crippen molar-refractivity contribution in [1.29, 1.82) is 0 Å². The molecule has 1 saturated carbocycles. The topological polar surface area (TPSA) is 17.1 Å². The molecule has 0 spiro atoms. The highest BCUT2D eigenvalue weighted by Gasteiger charge is 2.51. The monoisotopic (exact) mass is 178 g/mol. The van der Waals surface area contributed by atoms with Gasteiger partial charge in [0, 0.05) is 18.3 Å². The molecule has 0 aromatic carbocycles. The van der Waals surface area contributed by atoms with Gasteiger partial charge in [-0.1, -0.05) is 25.5 Å². The first kappa shape index (κ1) is 8.98. The molecule has 2 aliphatic carbocycles. The molecule has 0 aromatic rings. The van der Waals surface area contributed by atoms with E-state index in [9.17, 15) is 4.79 Å². The maximum Gasteiger partial charge on any atom is 0.133 e. The van der Waals surface area contributed by atoms with Gasteiger partial charge in [-0.2, -0.15) is 0 Å². The molecule has 72 valence electrons. The smallest absolute Gasteiger partial charge is 0.133 e. The van der Waals surface area contributed by atoms with Gasteiger partial charge >= 0.3 is 0 Å². The number of hydrogen-bond acceptors (Lipinski definition) is 1. The SMILES string of the molecule is CC1=CC[C@@]2(C)CCC(=O)C[C@@]12C. The van der Waals surface area contributed by atoms with E-state index in [2.05, 4.69) is 26.8 Å². The molecule has 0 heterocycles. The Morgan fingerprint density at radius 2 is 2.08 bits per heavy atom. The van der Waals surface area contributed by atoms with Crippen LogP contribution in [0.25, 0.3) is 0 Å². The molecular formula is C12H18O. The summed E-state index contributed by atoms with van der Waals surface area (Å²) in [6, 6.07) is 0. The third-order valence-corrected chi connectivity index (χ3v) is 4.57. The summed E-state index contributed by atoms with van der Waals surface area (Å²) in [5.41, 5.74) is 1.97. The molecule has 2 aliphatic rings. The van der Waals surface area contributed by atoms with Gasteiger partial charge < -0.3 is 0 Å². The molecule has 0 aromatic heterocycles. The summed E-state index contributed by atoms with van der Waals surface area (Å²) >= 11 is 0. The maximum atomic E-state index is 11.5. The molecular weight excluding hydrogens is 160 g/mol. The van der Waals surface area contributed by atoms with Crippen LogP contribution < -0.4 is 0 Å². The molecule has 2 rings (SSSR count). The second kappa shape index (κ2) is 2.46. The normalized spacial score (nSPS) is 44.5. The fourth-order valence-electron chi connectivity index (χ4n) is 2.93. The lowest BCUT2D eigenvalue weighted by atomic mass is 9.57. The highest BCUT2D eigenvalue weighted by molar-refractivity contribution is 5.81. The quantitative estimate of drug-likeness (QED) is 0.521. The van der Waals surface area contributed by atoms with Gasteiger partial charge in [0.2, 0.25) is 0 Å². The number of fused-ring (bicyclic) bond motifs is 1. The zero-order valence-corrected chi connectivity index (χ0v) is 8.81. The van der Waals surface area contributed by atoms with Crippen LogP contribution in [0.4, 0.5) is 0 Å². The Labute approximate surface area is 80.2 Å². The van der Waals surface area contributed by atoms with Crippen LogP contribution >= 0.6 is 0 Å². The van der Waals surface area contributed by atoms with Crippen LogP contribution in [-0.2, 0) is 4.79 Å². The third kappa shape index (κ3) is 1.02. The summed E-state index contributed by atoms with van der Waals surface area (Å²) < 4.78 is 0. The average molecular weight is 178 g/mol. The molecule has 0 aliphatic heterocycles. The standard InChI is InChI=1S/C12H18O/c1-9-4-6-11(2)7-5-10(13)8-12(9,11)3/h4H,5-8H2,1-3H3/t11-,12-/m0/s1. The Morgan fingerprint density at radius 1 is 1.38 bits per heavy atom. The van der Waals surface area contributed by atoms with Gasteiger partial charge in [0.05, 0.1) is 0 Å². The van der Waals surface area contributed by atoms with Crippen LogP contribution in [0.5, 0.6) is 0 Å².